The van der Waals surface area contributed by atoms with Gasteiger partial charge in [0.05, 0.1) is 0 Å². The maximum absolute atomic E-state index is 4.15. The molecule has 1 saturated heterocycles. The second-order valence-electron chi connectivity index (χ2n) is 5.98. The number of H-pyrrole nitrogens is 1. The first-order valence-corrected chi connectivity index (χ1v) is 8.09. The third-order valence-electron chi connectivity index (χ3n) is 4.31. The van der Waals surface area contributed by atoms with Gasteiger partial charge in [0.1, 0.15) is 12.2 Å². The van der Waals surface area contributed by atoms with Crippen molar-refractivity contribution in [1.29, 1.82) is 0 Å². The number of rotatable bonds is 8. The van der Waals surface area contributed by atoms with E-state index in [-0.39, 0.29) is 0 Å². The van der Waals surface area contributed by atoms with E-state index in [4.69, 9.17) is 0 Å². The van der Waals surface area contributed by atoms with E-state index in [0.717, 1.165) is 31.1 Å². The summed E-state index contributed by atoms with van der Waals surface area (Å²) >= 11 is 0. The number of aromatic amines is 1. The number of nitrogens with zero attached hydrogens (tertiary/aromatic N) is 3. The Kier molecular flexibility index (Phi) is 6.47. The van der Waals surface area contributed by atoms with Crippen LogP contribution in [0.25, 0.3) is 0 Å². The highest BCUT2D eigenvalue weighted by Gasteiger charge is 2.23. The minimum Gasteiger partial charge on any atom is -0.314 e. The average Bonchev–Trinajstić information content (AvgIpc) is 2.97. The van der Waals surface area contributed by atoms with E-state index < -0.39 is 0 Å². The lowest BCUT2D eigenvalue weighted by Gasteiger charge is -2.36. The Morgan fingerprint density at radius 2 is 2.45 bits per heavy atom. The van der Waals surface area contributed by atoms with Crippen LogP contribution >= 0.6 is 0 Å². The molecule has 20 heavy (non-hydrogen) atoms. The van der Waals surface area contributed by atoms with Crippen molar-refractivity contribution >= 4 is 0 Å². The van der Waals surface area contributed by atoms with Gasteiger partial charge in [0, 0.05) is 19.0 Å². The molecule has 2 atom stereocenters. The van der Waals surface area contributed by atoms with Gasteiger partial charge in [0.15, 0.2) is 0 Å². The molecule has 2 unspecified atom stereocenters. The Bertz CT molecular complexity index is 349. The number of piperidine rings is 1. The first kappa shape index (κ1) is 15.4. The van der Waals surface area contributed by atoms with Gasteiger partial charge < -0.3 is 10.2 Å². The summed E-state index contributed by atoms with van der Waals surface area (Å²) in [5, 5.41) is 10.5. The molecule has 0 bridgehead atoms. The Labute approximate surface area is 122 Å². The Balaban J connectivity index is 1.62. The van der Waals surface area contributed by atoms with Crippen molar-refractivity contribution in [2.24, 2.45) is 5.92 Å². The second-order valence-corrected chi connectivity index (χ2v) is 5.98. The zero-order valence-corrected chi connectivity index (χ0v) is 12.9. The van der Waals surface area contributed by atoms with Crippen LogP contribution in [0.3, 0.4) is 0 Å². The predicted octanol–water partition coefficient (Wildman–Crippen LogP) is 1.84. The van der Waals surface area contributed by atoms with Gasteiger partial charge in [-0.2, -0.15) is 5.10 Å². The number of hydrogen-bond donors (Lipinski definition) is 2. The van der Waals surface area contributed by atoms with Crippen LogP contribution in [0.2, 0.25) is 0 Å². The molecule has 0 aliphatic carbocycles. The van der Waals surface area contributed by atoms with E-state index in [1.54, 1.807) is 6.33 Å². The molecule has 1 fully saturated rings. The van der Waals surface area contributed by atoms with E-state index >= 15 is 0 Å². The fourth-order valence-electron chi connectivity index (χ4n) is 3.12. The molecule has 2 rings (SSSR count). The van der Waals surface area contributed by atoms with Crippen LogP contribution in [0.4, 0.5) is 0 Å². The molecule has 2 N–H and O–H groups in total. The molecule has 1 aromatic heterocycles. The number of hydrogen-bond acceptors (Lipinski definition) is 4. The predicted molar refractivity (Wildman–Crippen MR) is 81.6 cm³/mol. The standard InChI is InChI=1S/C15H29N5/c1-3-9-20-10-5-6-14(11-20)13(2)16-8-4-7-15-17-12-18-19-15/h12-14,16H,3-11H2,1-2H3,(H,17,18,19). The van der Waals surface area contributed by atoms with Crippen LogP contribution in [0.1, 0.15) is 45.4 Å². The molecule has 0 aromatic carbocycles. The Hall–Kier alpha value is -0.940. The highest BCUT2D eigenvalue weighted by atomic mass is 15.2. The van der Waals surface area contributed by atoms with E-state index in [1.807, 2.05) is 0 Å². The molecule has 0 radical (unpaired) electrons. The highest BCUT2D eigenvalue weighted by molar-refractivity contribution is 4.82. The summed E-state index contributed by atoms with van der Waals surface area (Å²) in [6.07, 6.45) is 7.67. The minimum absolute atomic E-state index is 0.615. The Morgan fingerprint density at radius 3 is 3.20 bits per heavy atom. The second kappa shape index (κ2) is 8.37. The van der Waals surface area contributed by atoms with Gasteiger partial charge in [-0.1, -0.05) is 6.92 Å². The maximum Gasteiger partial charge on any atom is 0.137 e. The van der Waals surface area contributed by atoms with Gasteiger partial charge in [-0.3, -0.25) is 5.10 Å². The average molecular weight is 279 g/mol. The van der Waals surface area contributed by atoms with E-state index in [2.05, 4.69) is 39.2 Å². The summed E-state index contributed by atoms with van der Waals surface area (Å²) in [5.74, 6) is 1.80. The summed E-state index contributed by atoms with van der Waals surface area (Å²) in [4.78, 5) is 6.78. The van der Waals surface area contributed by atoms with Crippen molar-refractivity contribution < 1.29 is 0 Å². The molecule has 2 heterocycles. The van der Waals surface area contributed by atoms with Crippen molar-refractivity contribution in [2.45, 2.75) is 52.0 Å². The number of likely N-dealkylation sites (tertiary alicyclic amines) is 1. The van der Waals surface area contributed by atoms with Crippen LogP contribution in [0.5, 0.6) is 0 Å². The maximum atomic E-state index is 4.15. The van der Waals surface area contributed by atoms with Crippen LogP contribution in [-0.2, 0) is 6.42 Å². The quantitative estimate of drug-likeness (QED) is 0.713. The Morgan fingerprint density at radius 1 is 1.55 bits per heavy atom. The topological polar surface area (TPSA) is 56.8 Å². The number of aryl methyl sites for hydroxylation is 1. The van der Waals surface area contributed by atoms with Gasteiger partial charge in [0.25, 0.3) is 0 Å². The molecule has 5 nitrogen and oxygen atoms in total. The van der Waals surface area contributed by atoms with Crippen LogP contribution < -0.4 is 5.32 Å². The number of nitrogens with one attached hydrogen (secondary N) is 2. The van der Waals surface area contributed by atoms with Gasteiger partial charge >= 0.3 is 0 Å². The van der Waals surface area contributed by atoms with Gasteiger partial charge in [-0.15, -0.1) is 0 Å². The first-order valence-electron chi connectivity index (χ1n) is 8.09. The SMILES string of the molecule is CCCN1CCCC(C(C)NCCCc2ncn[nH]2)C1. The van der Waals surface area contributed by atoms with Crippen LogP contribution in [0.15, 0.2) is 6.33 Å². The largest absolute Gasteiger partial charge is 0.314 e. The number of aromatic nitrogens is 3. The molecular formula is C15H29N5. The summed E-state index contributed by atoms with van der Waals surface area (Å²) < 4.78 is 0. The molecule has 0 spiro atoms. The zero-order chi connectivity index (χ0) is 14.2. The zero-order valence-electron chi connectivity index (χ0n) is 12.9. The summed E-state index contributed by atoms with van der Waals surface area (Å²) in [5.41, 5.74) is 0. The van der Waals surface area contributed by atoms with E-state index in [1.165, 1.54) is 38.9 Å². The molecular weight excluding hydrogens is 250 g/mol. The fourth-order valence-corrected chi connectivity index (χ4v) is 3.12. The third-order valence-corrected chi connectivity index (χ3v) is 4.31. The third kappa shape index (κ3) is 4.87. The van der Waals surface area contributed by atoms with Gasteiger partial charge in [-0.25, -0.2) is 4.98 Å². The molecule has 1 aromatic rings. The molecule has 1 aliphatic rings. The normalized spacial score (nSPS) is 22.0. The lowest BCUT2D eigenvalue weighted by molar-refractivity contribution is 0.151. The fraction of sp³-hybridized carbons (Fsp3) is 0.867. The lowest BCUT2D eigenvalue weighted by atomic mass is 9.91. The van der Waals surface area contributed by atoms with Crippen molar-refractivity contribution in [2.75, 3.05) is 26.2 Å². The molecule has 0 saturated carbocycles. The van der Waals surface area contributed by atoms with Crippen LogP contribution in [0, 0.1) is 5.92 Å². The molecule has 5 heteroatoms. The molecule has 0 amide bonds. The van der Waals surface area contributed by atoms with Crippen molar-refractivity contribution in [1.82, 2.24) is 25.4 Å². The molecule has 1 aliphatic heterocycles. The van der Waals surface area contributed by atoms with Crippen molar-refractivity contribution in [3.8, 4) is 0 Å². The lowest BCUT2D eigenvalue weighted by Crippen LogP contribution is -2.44. The highest BCUT2D eigenvalue weighted by Crippen LogP contribution is 2.19. The van der Waals surface area contributed by atoms with Gasteiger partial charge in [-0.05, 0) is 58.2 Å². The van der Waals surface area contributed by atoms with Crippen molar-refractivity contribution in [3.63, 3.8) is 0 Å². The van der Waals surface area contributed by atoms with Crippen molar-refractivity contribution in [3.05, 3.63) is 12.2 Å². The summed E-state index contributed by atoms with van der Waals surface area (Å²) in [7, 11) is 0. The summed E-state index contributed by atoms with van der Waals surface area (Å²) in [6.45, 7) is 9.50. The summed E-state index contributed by atoms with van der Waals surface area (Å²) in [6, 6.07) is 0.615. The monoisotopic (exact) mass is 279 g/mol. The van der Waals surface area contributed by atoms with Gasteiger partial charge in [0.2, 0.25) is 0 Å². The van der Waals surface area contributed by atoms with E-state index in [9.17, 15) is 0 Å². The first-order chi connectivity index (χ1) is 9.79. The smallest absolute Gasteiger partial charge is 0.137 e. The van der Waals surface area contributed by atoms with Crippen LogP contribution in [-0.4, -0.2) is 52.3 Å². The molecule has 114 valence electrons. The minimum atomic E-state index is 0.615. The van der Waals surface area contributed by atoms with E-state index in [0.29, 0.717) is 6.04 Å².